The quantitative estimate of drug-likeness (QED) is 0.453. The van der Waals surface area contributed by atoms with Crippen LogP contribution >= 0.6 is 0 Å². The second-order valence-corrected chi connectivity index (χ2v) is 9.82. The number of unbranched alkanes of at least 4 members (excludes halogenated alkanes) is 1. The second kappa shape index (κ2) is 11.2. The highest BCUT2D eigenvalue weighted by molar-refractivity contribution is 4.90. The summed E-state index contributed by atoms with van der Waals surface area (Å²) in [6.07, 6.45) is 11.8. The Balaban J connectivity index is 1.33. The standard InChI is InChI=1S/C24H42F2O2/c1-3-4-5-17-6-10-19(11-7-17)20-12-8-18(9-13-20)16-28-22-15-14-21(27-2)23(25)24(22)26/h17-24H,3-16H2,1-2H3. The lowest BCUT2D eigenvalue weighted by Gasteiger charge is -2.39. The highest BCUT2D eigenvalue weighted by Gasteiger charge is 2.41. The van der Waals surface area contributed by atoms with Crippen LogP contribution in [-0.2, 0) is 9.47 Å². The molecule has 28 heavy (non-hydrogen) atoms. The number of hydrogen-bond donors (Lipinski definition) is 0. The van der Waals surface area contributed by atoms with Gasteiger partial charge < -0.3 is 9.47 Å². The van der Waals surface area contributed by atoms with Crippen LogP contribution in [0.3, 0.4) is 0 Å². The van der Waals surface area contributed by atoms with Crippen molar-refractivity contribution in [1.82, 2.24) is 0 Å². The Hall–Kier alpha value is -0.220. The Morgan fingerprint density at radius 3 is 1.82 bits per heavy atom. The molecule has 4 atom stereocenters. The zero-order chi connectivity index (χ0) is 19.9. The number of hydrogen-bond acceptors (Lipinski definition) is 2. The van der Waals surface area contributed by atoms with Gasteiger partial charge in [0.15, 0.2) is 12.3 Å². The maximum absolute atomic E-state index is 14.3. The Kier molecular flexibility index (Phi) is 9.02. The van der Waals surface area contributed by atoms with Crippen LogP contribution in [0.5, 0.6) is 0 Å². The van der Waals surface area contributed by atoms with Crippen molar-refractivity contribution in [2.45, 2.75) is 115 Å². The Morgan fingerprint density at radius 1 is 0.714 bits per heavy atom. The molecule has 2 nitrogen and oxygen atoms in total. The largest absolute Gasteiger partial charge is 0.378 e. The fourth-order valence-electron chi connectivity index (χ4n) is 6.01. The number of methoxy groups -OCH3 is 1. The summed E-state index contributed by atoms with van der Waals surface area (Å²) in [6, 6.07) is 0. The first-order valence-electron chi connectivity index (χ1n) is 12.0. The van der Waals surface area contributed by atoms with E-state index in [1.807, 2.05) is 0 Å². The van der Waals surface area contributed by atoms with E-state index in [1.54, 1.807) is 0 Å². The molecule has 4 unspecified atom stereocenters. The van der Waals surface area contributed by atoms with Gasteiger partial charge in [-0.25, -0.2) is 8.78 Å². The van der Waals surface area contributed by atoms with Gasteiger partial charge in [-0.1, -0.05) is 39.0 Å². The average molecular weight is 401 g/mol. The molecule has 4 heteroatoms. The molecule has 3 fully saturated rings. The van der Waals surface area contributed by atoms with Gasteiger partial charge in [-0.05, 0) is 75.0 Å². The van der Waals surface area contributed by atoms with Crippen molar-refractivity contribution in [3.63, 3.8) is 0 Å². The van der Waals surface area contributed by atoms with E-state index in [9.17, 15) is 8.78 Å². The van der Waals surface area contributed by atoms with E-state index in [1.165, 1.54) is 77.7 Å². The maximum Gasteiger partial charge on any atom is 0.160 e. The topological polar surface area (TPSA) is 18.5 Å². The van der Waals surface area contributed by atoms with Crippen molar-refractivity contribution in [3.05, 3.63) is 0 Å². The molecule has 0 radical (unpaired) electrons. The third-order valence-electron chi connectivity index (χ3n) is 8.01. The van der Waals surface area contributed by atoms with Gasteiger partial charge in [-0.2, -0.15) is 0 Å². The van der Waals surface area contributed by atoms with Crippen molar-refractivity contribution in [2.75, 3.05) is 13.7 Å². The van der Waals surface area contributed by atoms with Crippen LogP contribution in [0.25, 0.3) is 0 Å². The minimum absolute atomic E-state index is 0.530. The van der Waals surface area contributed by atoms with E-state index in [2.05, 4.69) is 6.92 Å². The van der Waals surface area contributed by atoms with E-state index in [4.69, 9.17) is 9.47 Å². The first-order valence-corrected chi connectivity index (χ1v) is 12.0. The number of ether oxygens (including phenoxy) is 2. The van der Waals surface area contributed by atoms with Gasteiger partial charge in [-0.15, -0.1) is 0 Å². The normalized spacial score (nSPS) is 42.4. The number of rotatable bonds is 8. The van der Waals surface area contributed by atoms with Crippen molar-refractivity contribution in [2.24, 2.45) is 23.7 Å². The monoisotopic (exact) mass is 400 g/mol. The zero-order valence-electron chi connectivity index (χ0n) is 18.1. The van der Waals surface area contributed by atoms with Gasteiger partial charge in [0.25, 0.3) is 0 Å². The molecular formula is C24H42F2O2. The van der Waals surface area contributed by atoms with Crippen molar-refractivity contribution in [1.29, 1.82) is 0 Å². The van der Waals surface area contributed by atoms with Gasteiger partial charge in [0, 0.05) is 13.7 Å². The van der Waals surface area contributed by atoms with Crippen molar-refractivity contribution < 1.29 is 18.3 Å². The smallest absolute Gasteiger partial charge is 0.160 e. The van der Waals surface area contributed by atoms with Gasteiger partial charge in [0.1, 0.15) is 0 Å². The first-order chi connectivity index (χ1) is 13.6. The zero-order valence-corrected chi connectivity index (χ0v) is 18.1. The second-order valence-electron chi connectivity index (χ2n) is 9.82. The summed E-state index contributed by atoms with van der Waals surface area (Å²) in [7, 11) is 1.46. The summed E-state index contributed by atoms with van der Waals surface area (Å²) < 4.78 is 39.2. The highest BCUT2D eigenvalue weighted by Crippen LogP contribution is 2.42. The summed E-state index contributed by atoms with van der Waals surface area (Å²) in [5.41, 5.74) is 0. The molecule has 3 saturated carbocycles. The summed E-state index contributed by atoms with van der Waals surface area (Å²) in [4.78, 5) is 0. The molecule has 164 valence electrons. The fraction of sp³-hybridized carbons (Fsp3) is 1.00. The Bertz CT molecular complexity index is 430. The molecule has 3 rings (SSSR count). The predicted molar refractivity (Wildman–Crippen MR) is 110 cm³/mol. The molecular weight excluding hydrogens is 358 g/mol. The minimum atomic E-state index is -1.55. The van der Waals surface area contributed by atoms with Crippen LogP contribution in [0.2, 0.25) is 0 Å². The molecule has 0 aromatic rings. The Labute approximate surface area is 171 Å². The predicted octanol–water partition coefficient (Wildman–Crippen LogP) is 6.66. The molecule has 3 aliphatic carbocycles. The van der Waals surface area contributed by atoms with Gasteiger partial charge in [0.05, 0.1) is 12.2 Å². The van der Waals surface area contributed by atoms with Crippen molar-refractivity contribution in [3.8, 4) is 0 Å². The molecule has 3 aliphatic rings. The lowest BCUT2D eigenvalue weighted by atomic mass is 9.69. The molecule has 0 aromatic carbocycles. The molecule has 0 N–H and O–H groups in total. The van der Waals surface area contributed by atoms with Crippen LogP contribution in [0, 0.1) is 23.7 Å². The van der Waals surface area contributed by atoms with Gasteiger partial charge >= 0.3 is 0 Å². The molecule has 0 amide bonds. The fourth-order valence-corrected chi connectivity index (χ4v) is 6.01. The van der Waals surface area contributed by atoms with E-state index < -0.39 is 24.6 Å². The summed E-state index contributed by atoms with van der Waals surface area (Å²) in [5, 5.41) is 0. The van der Waals surface area contributed by atoms with E-state index >= 15 is 0 Å². The van der Waals surface area contributed by atoms with E-state index in [0.717, 1.165) is 17.8 Å². The Morgan fingerprint density at radius 2 is 1.25 bits per heavy atom. The average Bonchev–Trinajstić information content (AvgIpc) is 2.74. The number of halogens is 2. The van der Waals surface area contributed by atoms with Crippen LogP contribution in [0.15, 0.2) is 0 Å². The van der Waals surface area contributed by atoms with Gasteiger partial charge in [-0.3, -0.25) is 0 Å². The first kappa shape index (κ1) is 22.5. The molecule has 0 spiro atoms. The van der Waals surface area contributed by atoms with Crippen LogP contribution in [0.1, 0.15) is 90.4 Å². The molecule has 0 bridgehead atoms. The van der Waals surface area contributed by atoms with Gasteiger partial charge in [0.2, 0.25) is 0 Å². The SMILES string of the molecule is CCCCC1CCC(C2CCC(COC3CCC(OC)C(F)C3F)CC2)CC1. The third-order valence-corrected chi connectivity index (χ3v) is 8.01. The summed E-state index contributed by atoms with van der Waals surface area (Å²) in [6.45, 7) is 2.90. The summed E-state index contributed by atoms with van der Waals surface area (Å²) in [5.74, 6) is 3.35. The lowest BCUT2D eigenvalue weighted by Crippen LogP contribution is -2.46. The van der Waals surface area contributed by atoms with Crippen LogP contribution in [-0.4, -0.2) is 38.3 Å². The number of alkyl halides is 2. The van der Waals surface area contributed by atoms with Crippen LogP contribution < -0.4 is 0 Å². The van der Waals surface area contributed by atoms with E-state index in [-0.39, 0.29) is 0 Å². The van der Waals surface area contributed by atoms with Crippen LogP contribution in [0.4, 0.5) is 8.78 Å². The lowest BCUT2D eigenvalue weighted by molar-refractivity contribution is -0.115. The minimum Gasteiger partial charge on any atom is -0.378 e. The highest BCUT2D eigenvalue weighted by atomic mass is 19.2. The third kappa shape index (κ3) is 5.90. The summed E-state index contributed by atoms with van der Waals surface area (Å²) >= 11 is 0. The molecule has 0 aromatic heterocycles. The van der Waals surface area contributed by atoms with Crippen molar-refractivity contribution >= 4 is 0 Å². The maximum atomic E-state index is 14.3. The van der Waals surface area contributed by atoms with E-state index in [0.29, 0.717) is 25.4 Å². The molecule has 0 saturated heterocycles. The molecule has 0 aliphatic heterocycles. The molecule has 0 heterocycles.